The highest BCUT2D eigenvalue weighted by molar-refractivity contribution is 6.11. The van der Waals surface area contributed by atoms with Gasteiger partial charge >= 0.3 is 0 Å². The van der Waals surface area contributed by atoms with Crippen molar-refractivity contribution in [3.63, 3.8) is 0 Å². The van der Waals surface area contributed by atoms with E-state index in [1.807, 2.05) is 25.2 Å². The van der Waals surface area contributed by atoms with Crippen molar-refractivity contribution in [3.05, 3.63) is 23.5 Å². The quantitative estimate of drug-likeness (QED) is 0.535. The lowest BCUT2D eigenvalue weighted by molar-refractivity contribution is 0.0730. The van der Waals surface area contributed by atoms with Crippen molar-refractivity contribution in [1.82, 2.24) is 9.88 Å². The second kappa shape index (κ2) is 8.17. The molecule has 7 heteroatoms. The average Bonchev–Trinajstić information content (AvgIpc) is 3.11. The number of carbonyl (C=O) groups excluding carboxylic acids is 1. The highest BCUT2D eigenvalue weighted by Crippen LogP contribution is 2.47. The minimum atomic E-state index is -0.571. The molecule has 1 aliphatic carbocycles. The van der Waals surface area contributed by atoms with Crippen LogP contribution in [0.5, 0.6) is 17.4 Å². The fraction of sp³-hybridized carbons (Fsp3) is 0.600. The molecule has 0 saturated heterocycles. The highest BCUT2D eigenvalue weighted by Gasteiger charge is 2.48. The Balaban J connectivity index is 1.97. The number of ether oxygens (including phenoxy) is 4. The van der Waals surface area contributed by atoms with Crippen LogP contribution in [0.3, 0.4) is 0 Å². The summed E-state index contributed by atoms with van der Waals surface area (Å²) in [5.41, 5.74) is 0.375. The van der Waals surface area contributed by atoms with Gasteiger partial charge in [0.2, 0.25) is 5.78 Å². The number of methoxy groups -OCH3 is 2. The van der Waals surface area contributed by atoms with Gasteiger partial charge in [-0.25, -0.2) is 4.98 Å². The van der Waals surface area contributed by atoms with Gasteiger partial charge in [0.15, 0.2) is 17.2 Å². The summed E-state index contributed by atoms with van der Waals surface area (Å²) >= 11 is 0. The Kier molecular flexibility index (Phi) is 5.89. The topological polar surface area (TPSA) is 70.1 Å². The Morgan fingerprint density at radius 2 is 2.00 bits per heavy atom. The highest BCUT2D eigenvalue weighted by atomic mass is 16.5. The predicted octanol–water partition coefficient (Wildman–Crippen LogP) is 2.84. The van der Waals surface area contributed by atoms with Crippen LogP contribution < -0.4 is 14.2 Å². The molecule has 0 aromatic carbocycles. The molecule has 0 radical (unpaired) electrons. The van der Waals surface area contributed by atoms with Crippen LogP contribution in [0.4, 0.5) is 0 Å². The molecule has 0 unspecified atom stereocenters. The van der Waals surface area contributed by atoms with E-state index in [0.717, 1.165) is 32.1 Å². The van der Waals surface area contributed by atoms with E-state index in [4.69, 9.17) is 18.9 Å². The molecule has 0 amide bonds. The first kappa shape index (κ1) is 19.5. The molecule has 7 nitrogen and oxygen atoms in total. The SMILES string of the molecule is COCCCOc1cc2c(nc1OC)C(=O)C(=CN(C)C)C1(CCCC1)O2. The largest absolute Gasteiger partial charge is 0.488 e. The van der Waals surface area contributed by atoms with Crippen LogP contribution in [-0.2, 0) is 4.74 Å². The third-order valence-electron chi connectivity index (χ3n) is 4.92. The molecule has 148 valence electrons. The van der Waals surface area contributed by atoms with E-state index in [0.29, 0.717) is 30.3 Å². The summed E-state index contributed by atoms with van der Waals surface area (Å²) in [6, 6.07) is 1.73. The van der Waals surface area contributed by atoms with Gasteiger partial charge in [0.05, 0.1) is 19.3 Å². The van der Waals surface area contributed by atoms with Crippen molar-refractivity contribution in [2.45, 2.75) is 37.7 Å². The van der Waals surface area contributed by atoms with Crippen LogP contribution in [0.25, 0.3) is 0 Å². The van der Waals surface area contributed by atoms with Gasteiger partial charge in [0, 0.05) is 46.5 Å². The molecule has 1 spiro atoms. The Bertz CT molecular complexity index is 723. The molecule has 2 heterocycles. The van der Waals surface area contributed by atoms with E-state index in [-0.39, 0.29) is 17.4 Å². The Morgan fingerprint density at radius 3 is 2.63 bits per heavy atom. The van der Waals surface area contributed by atoms with E-state index in [1.165, 1.54) is 7.11 Å². The summed E-state index contributed by atoms with van der Waals surface area (Å²) in [6.45, 7) is 1.08. The van der Waals surface area contributed by atoms with Crippen molar-refractivity contribution in [1.29, 1.82) is 0 Å². The molecule has 0 N–H and O–H groups in total. The molecular weight excluding hydrogens is 348 g/mol. The van der Waals surface area contributed by atoms with Crippen LogP contribution in [0.1, 0.15) is 42.6 Å². The molecule has 3 rings (SSSR count). The molecule has 1 aromatic heterocycles. The molecule has 0 bridgehead atoms. The first-order chi connectivity index (χ1) is 13.0. The van der Waals surface area contributed by atoms with E-state index in [9.17, 15) is 4.79 Å². The molecule has 0 atom stereocenters. The molecular formula is C20H28N2O5. The maximum absolute atomic E-state index is 13.2. The fourth-order valence-electron chi connectivity index (χ4n) is 3.69. The van der Waals surface area contributed by atoms with Gasteiger partial charge in [-0.1, -0.05) is 0 Å². The maximum atomic E-state index is 13.2. The van der Waals surface area contributed by atoms with E-state index >= 15 is 0 Å². The van der Waals surface area contributed by atoms with Crippen molar-refractivity contribution in [2.24, 2.45) is 0 Å². The van der Waals surface area contributed by atoms with Crippen molar-refractivity contribution in [3.8, 4) is 17.4 Å². The summed E-state index contributed by atoms with van der Waals surface area (Å²) < 4.78 is 22.6. The lowest BCUT2D eigenvalue weighted by Gasteiger charge is -2.37. The summed E-state index contributed by atoms with van der Waals surface area (Å²) in [4.78, 5) is 19.5. The average molecular weight is 376 g/mol. The molecule has 1 aliphatic heterocycles. The smallest absolute Gasteiger partial charge is 0.257 e. The van der Waals surface area contributed by atoms with Gasteiger partial charge in [-0.15, -0.1) is 0 Å². The van der Waals surface area contributed by atoms with E-state index in [2.05, 4.69) is 4.98 Å². The lowest BCUT2D eigenvalue weighted by Crippen LogP contribution is -2.43. The third kappa shape index (κ3) is 3.88. The number of pyridine rings is 1. The first-order valence-corrected chi connectivity index (χ1v) is 9.34. The number of rotatable bonds is 7. The second-order valence-electron chi connectivity index (χ2n) is 7.18. The van der Waals surface area contributed by atoms with Gasteiger partial charge < -0.3 is 23.8 Å². The van der Waals surface area contributed by atoms with Crippen LogP contribution in [0.2, 0.25) is 0 Å². The van der Waals surface area contributed by atoms with Crippen LogP contribution in [0.15, 0.2) is 17.8 Å². The molecule has 1 saturated carbocycles. The lowest BCUT2D eigenvalue weighted by atomic mass is 9.85. The molecule has 1 aromatic rings. The minimum Gasteiger partial charge on any atom is -0.488 e. The molecule has 2 aliphatic rings. The number of fused-ring (bicyclic) bond motifs is 1. The maximum Gasteiger partial charge on any atom is 0.257 e. The zero-order valence-electron chi connectivity index (χ0n) is 16.5. The molecule has 27 heavy (non-hydrogen) atoms. The first-order valence-electron chi connectivity index (χ1n) is 9.34. The van der Waals surface area contributed by atoms with E-state index in [1.54, 1.807) is 13.2 Å². The number of Topliss-reactive ketones (excluding diaryl/α,β-unsaturated/α-hetero) is 1. The Morgan fingerprint density at radius 1 is 1.26 bits per heavy atom. The van der Waals surface area contributed by atoms with Crippen LogP contribution in [-0.4, -0.2) is 62.8 Å². The van der Waals surface area contributed by atoms with Gasteiger partial charge in [0.1, 0.15) is 5.60 Å². The number of hydrogen-bond acceptors (Lipinski definition) is 7. The number of hydrogen-bond donors (Lipinski definition) is 0. The van der Waals surface area contributed by atoms with Crippen molar-refractivity contribution >= 4 is 5.78 Å². The number of ketones is 1. The zero-order valence-corrected chi connectivity index (χ0v) is 16.5. The second-order valence-corrected chi connectivity index (χ2v) is 7.18. The van der Waals surface area contributed by atoms with Gasteiger partial charge in [0.25, 0.3) is 5.88 Å². The number of nitrogens with zero attached hydrogens (tertiary/aromatic N) is 2. The van der Waals surface area contributed by atoms with E-state index < -0.39 is 5.60 Å². The third-order valence-corrected chi connectivity index (χ3v) is 4.92. The van der Waals surface area contributed by atoms with Crippen LogP contribution in [0, 0.1) is 0 Å². The summed E-state index contributed by atoms with van der Waals surface area (Å²) in [7, 11) is 6.98. The Labute approximate surface area is 160 Å². The van der Waals surface area contributed by atoms with Crippen LogP contribution >= 0.6 is 0 Å². The normalized spacial score (nSPS) is 19.1. The van der Waals surface area contributed by atoms with Gasteiger partial charge in [-0.2, -0.15) is 0 Å². The van der Waals surface area contributed by atoms with Crippen molar-refractivity contribution in [2.75, 3.05) is 41.5 Å². The fourth-order valence-corrected chi connectivity index (χ4v) is 3.69. The number of aromatic nitrogens is 1. The molecule has 1 fully saturated rings. The zero-order chi connectivity index (χ0) is 19.4. The minimum absolute atomic E-state index is 0.101. The Hall–Kier alpha value is -2.28. The monoisotopic (exact) mass is 376 g/mol. The van der Waals surface area contributed by atoms with Gasteiger partial charge in [-0.3, -0.25) is 4.79 Å². The summed E-state index contributed by atoms with van der Waals surface area (Å²) in [5, 5.41) is 0. The standard InChI is InChI=1S/C20H28N2O5/c1-22(2)13-14-18(23)17-15(27-20(14)8-5-6-9-20)12-16(19(21-17)25-4)26-11-7-10-24-3/h12-13H,5-11H2,1-4H3. The summed E-state index contributed by atoms with van der Waals surface area (Å²) in [5.74, 6) is 1.14. The predicted molar refractivity (Wildman–Crippen MR) is 101 cm³/mol. The summed E-state index contributed by atoms with van der Waals surface area (Å²) in [6.07, 6.45) is 6.34. The number of carbonyl (C=O) groups is 1. The van der Waals surface area contributed by atoms with Crippen molar-refractivity contribution < 1.29 is 23.7 Å². The van der Waals surface area contributed by atoms with Gasteiger partial charge in [-0.05, 0) is 25.7 Å².